The van der Waals surface area contributed by atoms with Crippen LogP contribution in [0.5, 0.6) is 0 Å². The van der Waals surface area contributed by atoms with Gasteiger partial charge in [0.05, 0.1) is 0 Å². The number of benzene rings is 1. The van der Waals surface area contributed by atoms with Gasteiger partial charge in [-0.05, 0) is 54.6 Å². The molecule has 0 amide bonds. The maximum absolute atomic E-state index is 5.78. The van der Waals surface area contributed by atoms with Crippen LogP contribution in [0.15, 0.2) is 29.6 Å². The van der Waals surface area contributed by atoms with E-state index in [2.05, 4.69) is 29.8 Å². The van der Waals surface area contributed by atoms with Crippen LogP contribution in [0.4, 0.5) is 11.4 Å². The van der Waals surface area contributed by atoms with Crippen molar-refractivity contribution >= 4 is 22.7 Å². The van der Waals surface area contributed by atoms with Crippen LogP contribution in [0.1, 0.15) is 16.0 Å². The minimum Gasteiger partial charge on any atom is -0.399 e. The molecular formula is C13H16N2S. The van der Waals surface area contributed by atoms with Crippen molar-refractivity contribution in [3.8, 4) is 0 Å². The molecule has 0 aliphatic carbocycles. The van der Waals surface area contributed by atoms with Crippen molar-refractivity contribution in [2.75, 3.05) is 11.1 Å². The molecule has 0 saturated carbocycles. The van der Waals surface area contributed by atoms with E-state index in [4.69, 9.17) is 5.73 Å². The molecule has 1 aromatic carbocycles. The second-order valence-corrected chi connectivity index (χ2v) is 4.95. The van der Waals surface area contributed by atoms with Crippen LogP contribution in [0.2, 0.25) is 0 Å². The van der Waals surface area contributed by atoms with Gasteiger partial charge in [-0.2, -0.15) is 0 Å². The zero-order valence-electron chi connectivity index (χ0n) is 9.58. The van der Waals surface area contributed by atoms with Crippen molar-refractivity contribution in [2.45, 2.75) is 20.4 Å². The Morgan fingerprint density at radius 1 is 1.19 bits per heavy atom. The van der Waals surface area contributed by atoms with Gasteiger partial charge in [-0.1, -0.05) is 0 Å². The minimum atomic E-state index is 0.845. The van der Waals surface area contributed by atoms with Crippen LogP contribution in [0.25, 0.3) is 0 Å². The fraction of sp³-hybridized carbons (Fsp3) is 0.231. The number of nitrogens with two attached hydrogens (primary N) is 1. The summed E-state index contributed by atoms with van der Waals surface area (Å²) in [5.74, 6) is 0. The summed E-state index contributed by atoms with van der Waals surface area (Å²) in [6.07, 6.45) is 0. The fourth-order valence-electron chi connectivity index (χ4n) is 1.55. The summed E-state index contributed by atoms with van der Waals surface area (Å²) in [5, 5.41) is 5.54. The number of nitrogen functional groups attached to an aromatic ring is 1. The predicted octanol–water partition coefficient (Wildman–Crippen LogP) is 3.56. The third-order valence-corrected chi connectivity index (χ3v) is 3.71. The molecule has 0 saturated heterocycles. The third-order valence-electron chi connectivity index (χ3n) is 2.69. The lowest BCUT2D eigenvalue weighted by Gasteiger charge is -2.08. The molecular weight excluding hydrogens is 216 g/mol. The summed E-state index contributed by atoms with van der Waals surface area (Å²) in [7, 11) is 0. The molecule has 2 rings (SSSR count). The first-order valence-electron chi connectivity index (χ1n) is 5.30. The van der Waals surface area contributed by atoms with Gasteiger partial charge in [0.15, 0.2) is 0 Å². The van der Waals surface area contributed by atoms with Crippen molar-refractivity contribution in [1.82, 2.24) is 0 Å². The normalized spacial score (nSPS) is 10.4. The average Bonchev–Trinajstić information content (AvgIpc) is 2.66. The lowest BCUT2D eigenvalue weighted by atomic mass is 10.2. The minimum absolute atomic E-state index is 0.845. The summed E-state index contributed by atoms with van der Waals surface area (Å²) in [4.78, 5) is 1.38. The average molecular weight is 232 g/mol. The Morgan fingerprint density at radius 3 is 2.62 bits per heavy atom. The van der Waals surface area contributed by atoms with Gasteiger partial charge in [0.2, 0.25) is 0 Å². The number of rotatable bonds is 3. The summed E-state index contributed by atoms with van der Waals surface area (Å²) in [6.45, 7) is 5.05. The molecule has 0 fully saturated rings. The lowest BCUT2D eigenvalue weighted by Crippen LogP contribution is -1.99. The Labute approximate surface area is 100 Å². The summed E-state index contributed by atoms with van der Waals surface area (Å²) in [6, 6.07) is 8.19. The first kappa shape index (κ1) is 11.0. The van der Waals surface area contributed by atoms with E-state index in [0.29, 0.717) is 0 Å². The Balaban J connectivity index is 2.05. The van der Waals surface area contributed by atoms with Gasteiger partial charge in [0, 0.05) is 22.8 Å². The van der Waals surface area contributed by atoms with Crippen LogP contribution in [0, 0.1) is 13.8 Å². The highest BCUT2D eigenvalue weighted by Crippen LogP contribution is 2.20. The number of anilines is 2. The molecule has 2 aromatic rings. The van der Waals surface area contributed by atoms with E-state index < -0.39 is 0 Å². The van der Waals surface area contributed by atoms with Crippen LogP contribution < -0.4 is 11.1 Å². The molecule has 0 aliphatic rings. The van der Waals surface area contributed by atoms with Gasteiger partial charge in [-0.25, -0.2) is 0 Å². The van der Waals surface area contributed by atoms with Crippen molar-refractivity contribution in [3.05, 3.63) is 45.6 Å². The first-order valence-corrected chi connectivity index (χ1v) is 6.18. The van der Waals surface area contributed by atoms with Gasteiger partial charge in [-0.15, -0.1) is 11.3 Å². The van der Waals surface area contributed by atoms with E-state index >= 15 is 0 Å². The largest absolute Gasteiger partial charge is 0.399 e. The second kappa shape index (κ2) is 4.58. The van der Waals surface area contributed by atoms with E-state index in [1.807, 2.05) is 19.1 Å². The maximum atomic E-state index is 5.78. The van der Waals surface area contributed by atoms with E-state index in [-0.39, 0.29) is 0 Å². The number of hydrogen-bond donors (Lipinski definition) is 2. The van der Waals surface area contributed by atoms with Gasteiger partial charge in [0.25, 0.3) is 0 Å². The highest BCUT2D eigenvalue weighted by Gasteiger charge is 2.00. The number of thiophene rings is 1. The standard InChI is InChI=1S/C13H16N2S/c1-9-5-6-16-13(9)8-15-11-3-4-12(14)10(2)7-11/h3-7,15H,8,14H2,1-2H3. The van der Waals surface area contributed by atoms with Crippen LogP contribution >= 0.6 is 11.3 Å². The Hall–Kier alpha value is -1.48. The lowest BCUT2D eigenvalue weighted by molar-refractivity contribution is 1.16. The molecule has 1 heterocycles. The molecule has 0 spiro atoms. The molecule has 0 unspecified atom stereocenters. The van der Waals surface area contributed by atoms with Crippen molar-refractivity contribution in [2.24, 2.45) is 0 Å². The molecule has 0 aliphatic heterocycles. The van der Waals surface area contributed by atoms with Gasteiger partial charge in [0.1, 0.15) is 0 Å². The summed E-state index contributed by atoms with van der Waals surface area (Å²) >= 11 is 1.79. The summed E-state index contributed by atoms with van der Waals surface area (Å²) in [5.41, 5.74) is 10.2. The third kappa shape index (κ3) is 2.36. The first-order chi connectivity index (χ1) is 7.66. The predicted molar refractivity (Wildman–Crippen MR) is 72.0 cm³/mol. The van der Waals surface area contributed by atoms with Gasteiger partial charge < -0.3 is 11.1 Å². The molecule has 84 valence electrons. The fourth-order valence-corrected chi connectivity index (χ4v) is 2.40. The monoisotopic (exact) mass is 232 g/mol. The van der Waals surface area contributed by atoms with Gasteiger partial charge in [-0.3, -0.25) is 0 Å². The summed E-state index contributed by atoms with van der Waals surface area (Å²) < 4.78 is 0. The second-order valence-electron chi connectivity index (χ2n) is 3.95. The molecule has 3 N–H and O–H groups in total. The molecule has 1 aromatic heterocycles. The highest BCUT2D eigenvalue weighted by molar-refractivity contribution is 7.10. The van der Waals surface area contributed by atoms with Crippen molar-refractivity contribution in [3.63, 3.8) is 0 Å². The zero-order valence-corrected chi connectivity index (χ0v) is 10.4. The molecule has 3 heteroatoms. The quantitative estimate of drug-likeness (QED) is 0.794. The Bertz CT molecular complexity index is 488. The van der Waals surface area contributed by atoms with E-state index in [1.165, 1.54) is 10.4 Å². The zero-order chi connectivity index (χ0) is 11.5. The van der Waals surface area contributed by atoms with Crippen LogP contribution in [-0.4, -0.2) is 0 Å². The molecule has 16 heavy (non-hydrogen) atoms. The number of nitrogens with one attached hydrogen (secondary N) is 1. The number of hydrogen-bond acceptors (Lipinski definition) is 3. The van der Waals surface area contributed by atoms with Crippen LogP contribution in [-0.2, 0) is 6.54 Å². The van der Waals surface area contributed by atoms with Crippen molar-refractivity contribution < 1.29 is 0 Å². The van der Waals surface area contributed by atoms with Crippen molar-refractivity contribution in [1.29, 1.82) is 0 Å². The van der Waals surface area contributed by atoms with E-state index in [1.54, 1.807) is 11.3 Å². The maximum Gasteiger partial charge on any atom is 0.0496 e. The topological polar surface area (TPSA) is 38.0 Å². The van der Waals surface area contributed by atoms with E-state index in [0.717, 1.165) is 23.5 Å². The molecule has 0 bridgehead atoms. The SMILES string of the molecule is Cc1cc(NCc2sccc2C)ccc1N. The Kier molecular flexibility index (Phi) is 3.15. The van der Waals surface area contributed by atoms with Crippen LogP contribution in [0.3, 0.4) is 0 Å². The van der Waals surface area contributed by atoms with E-state index in [9.17, 15) is 0 Å². The molecule has 0 atom stereocenters. The molecule has 2 nitrogen and oxygen atoms in total. The smallest absolute Gasteiger partial charge is 0.0496 e. The molecule has 0 radical (unpaired) electrons. The van der Waals surface area contributed by atoms with Gasteiger partial charge >= 0.3 is 0 Å². The number of aryl methyl sites for hydroxylation is 2. The Morgan fingerprint density at radius 2 is 2.00 bits per heavy atom. The highest BCUT2D eigenvalue weighted by atomic mass is 32.1.